The van der Waals surface area contributed by atoms with Crippen molar-refractivity contribution in [3.05, 3.63) is 60.1 Å². The Balaban J connectivity index is 1.44. The highest BCUT2D eigenvalue weighted by Gasteiger charge is 2.39. The first-order valence-corrected chi connectivity index (χ1v) is 9.26. The summed E-state index contributed by atoms with van der Waals surface area (Å²) >= 11 is 0. The van der Waals surface area contributed by atoms with Gasteiger partial charge < -0.3 is 14.1 Å². The zero-order valence-corrected chi connectivity index (χ0v) is 14.5. The fourth-order valence-electron chi connectivity index (χ4n) is 4.17. The Morgan fingerprint density at radius 2 is 1.88 bits per heavy atom. The van der Waals surface area contributed by atoms with Gasteiger partial charge in [-0.3, -0.25) is 4.79 Å². The minimum Gasteiger partial charge on any atom is -0.469 e. The number of piperidine rings is 1. The van der Waals surface area contributed by atoms with Gasteiger partial charge in [0.15, 0.2) is 0 Å². The van der Waals surface area contributed by atoms with E-state index in [1.807, 2.05) is 35.2 Å². The zero-order chi connectivity index (χ0) is 17.1. The van der Waals surface area contributed by atoms with E-state index in [2.05, 4.69) is 12.1 Å². The molecule has 2 fully saturated rings. The van der Waals surface area contributed by atoms with Gasteiger partial charge in [0.1, 0.15) is 5.76 Å². The van der Waals surface area contributed by atoms with Crippen molar-refractivity contribution < 1.29 is 13.9 Å². The Morgan fingerprint density at radius 3 is 2.52 bits per heavy atom. The molecule has 4 nitrogen and oxygen atoms in total. The highest BCUT2D eigenvalue weighted by molar-refractivity contribution is 5.77. The highest BCUT2D eigenvalue weighted by Crippen LogP contribution is 2.36. The molecule has 0 saturated carbocycles. The van der Waals surface area contributed by atoms with Crippen molar-refractivity contribution in [3.63, 3.8) is 0 Å². The van der Waals surface area contributed by atoms with Crippen LogP contribution in [0.1, 0.15) is 49.3 Å². The van der Waals surface area contributed by atoms with Gasteiger partial charge in [-0.1, -0.05) is 30.3 Å². The number of ether oxygens (including phenoxy) is 1. The van der Waals surface area contributed by atoms with Gasteiger partial charge in [-0.05, 0) is 43.4 Å². The van der Waals surface area contributed by atoms with Gasteiger partial charge in [-0.2, -0.15) is 0 Å². The van der Waals surface area contributed by atoms with E-state index in [1.54, 1.807) is 6.26 Å². The average Bonchev–Trinajstić information content (AvgIpc) is 3.33. The van der Waals surface area contributed by atoms with Crippen molar-refractivity contribution in [1.29, 1.82) is 0 Å². The smallest absolute Gasteiger partial charge is 0.223 e. The average molecular weight is 339 g/mol. The number of benzene rings is 1. The second-order valence-electron chi connectivity index (χ2n) is 7.20. The quantitative estimate of drug-likeness (QED) is 0.846. The molecule has 1 amide bonds. The van der Waals surface area contributed by atoms with Crippen molar-refractivity contribution in [2.24, 2.45) is 0 Å². The third-order valence-corrected chi connectivity index (χ3v) is 5.68. The Labute approximate surface area is 148 Å². The lowest BCUT2D eigenvalue weighted by Gasteiger charge is -2.39. The van der Waals surface area contributed by atoms with Crippen LogP contribution in [0.4, 0.5) is 0 Å². The molecule has 25 heavy (non-hydrogen) atoms. The summed E-state index contributed by atoms with van der Waals surface area (Å²) in [7, 11) is 0. The van der Waals surface area contributed by atoms with Crippen molar-refractivity contribution >= 4 is 5.91 Å². The predicted octanol–water partition coefficient (Wildman–Crippen LogP) is 3.97. The van der Waals surface area contributed by atoms with Crippen molar-refractivity contribution in [3.8, 4) is 0 Å². The maximum atomic E-state index is 12.9. The van der Waals surface area contributed by atoms with Crippen molar-refractivity contribution in [1.82, 2.24) is 4.90 Å². The molecule has 2 saturated heterocycles. The molecule has 0 unspecified atom stereocenters. The van der Waals surface area contributed by atoms with E-state index >= 15 is 0 Å². The van der Waals surface area contributed by atoms with Crippen LogP contribution in [0.15, 0.2) is 53.1 Å². The largest absolute Gasteiger partial charge is 0.469 e. The number of hydrogen-bond acceptors (Lipinski definition) is 3. The van der Waals surface area contributed by atoms with E-state index in [0.29, 0.717) is 6.42 Å². The van der Waals surface area contributed by atoms with Gasteiger partial charge in [0.25, 0.3) is 0 Å². The van der Waals surface area contributed by atoms with E-state index < -0.39 is 0 Å². The molecule has 1 atom stereocenters. The third-order valence-electron chi connectivity index (χ3n) is 5.68. The number of rotatable bonds is 4. The molecule has 0 bridgehead atoms. The Kier molecular flexibility index (Phi) is 4.62. The predicted molar refractivity (Wildman–Crippen MR) is 95.3 cm³/mol. The highest BCUT2D eigenvalue weighted by atomic mass is 16.5. The number of amides is 1. The van der Waals surface area contributed by atoms with Gasteiger partial charge in [-0.15, -0.1) is 0 Å². The van der Waals surface area contributed by atoms with Gasteiger partial charge in [-0.25, -0.2) is 0 Å². The van der Waals surface area contributed by atoms with Crippen molar-refractivity contribution in [2.45, 2.75) is 43.6 Å². The molecular weight excluding hydrogens is 314 g/mol. The van der Waals surface area contributed by atoms with Gasteiger partial charge in [0.05, 0.1) is 17.8 Å². The normalized spacial score (nSPS) is 20.7. The molecule has 132 valence electrons. The van der Waals surface area contributed by atoms with Crippen LogP contribution in [0.25, 0.3) is 0 Å². The number of likely N-dealkylation sites (tertiary alicyclic amines) is 1. The Hall–Kier alpha value is -2.07. The van der Waals surface area contributed by atoms with E-state index in [0.717, 1.165) is 56.7 Å². The molecule has 0 N–H and O–H groups in total. The lowest BCUT2D eigenvalue weighted by atomic mass is 9.87. The van der Waals surface area contributed by atoms with Crippen LogP contribution in [-0.2, 0) is 9.53 Å². The van der Waals surface area contributed by atoms with E-state index in [1.165, 1.54) is 0 Å². The summed E-state index contributed by atoms with van der Waals surface area (Å²) in [5, 5.41) is 0. The summed E-state index contributed by atoms with van der Waals surface area (Å²) in [6, 6.07) is 14.0. The first-order valence-electron chi connectivity index (χ1n) is 9.26. The summed E-state index contributed by atoms with van der Waals surface area (Å²) < 4.78 is 11.6. The molecule has 0 aliphatic carbocycles. The number of carbonyl (C=O) groups is 1. The van der Waals surface area contributed by atoms with Gasteiger partial charge in [0.2, 0.25) is 5.91 Å². The summed E-state index contributed by atoms with van der Waals surface area (Å²) in [4.78, 5) is 14.9. The molecule has 1 spiro atoms. The fourth-order valence-corrected chi connectivity index (χ4v) is 4.17. The minimum atomic E-state index is -0.0256. The van der Waals surface area contributed by atoms with Crippen LogP contribution in [0.5, 0.6) is 0 Å². The molecule has 2 aliphatic rings. The Morgan fingerprint density at radius 1 is 1.08 bits per heavy atom. The maximum absolute atomic E-state index is 12.9. The van der Waals surface area contributed by atoms with Crippen molar-refractivity contribution in [2.75, 3.05) is 19.7 Å². The van der Waals surface area contributed by atoms with Gasteiger partial charge in [0, 0.05) is 26.1 Å². The van der Waals surface area contributed by atoms with Crippen LogP contribution < -0.4 is 0 Å². The first-order chi connectivity index (χ1) is 12.3. The minimum absolute atomic E-state index is 0.0256. The van der Waals surface area contributed by atoms with E-state index in [9.17, 15) is 4.79 Å². The molecule has 3 heterocycles. The number of furan rings is 1. The first kappa shape index (κ1) is 16.4. The molecule has 1 aromatic heterocycles. The topological polar surface area (TPSA) is 42.7 Å². The summed E-state index contributed by atoms with van der Waals surface area (Å²) in [6.45, 7) is 2.49. The summed E-state index contributed by atoms with van der Waals surface area (Å²) in [5.41, 5.74) is 1.18. The van der Waals surface area contributed by atoms with Crippen LogP contribution in [0.2, 0.25) is 0 Å². The number of carbonyl (C=O) groups excluding carboxylic acids is 1. The number of nitrogens with zero attached hydrogens (tertiary/aromatic N) is 1. The van der Waals surface area contributed by atoms with Gasteiger partial charge >= 0.3 is 0 Å². The van der Waals surface area contributed by atoms with Crippen LogP contribution in [-0.4, -0.2) is 36.1 Å². The SMILES string of the molecule is O=C(C[C@H](c1ccccc1)c1ccco1)N1CCC2(CCCO2)CC1. The lowest BCUT2D eigenvalue weighted by molar-refractivity contribution is -0.136. The fraction of sp³-hybridized carbons (Fsp3) is 0.476. The molecule has 2 aliphatic heterocycles. The monoisotopic (exact) mass is 339 g/mol. The van der Waals surface area contributed by atoms with Crippen LogP contribution >= 0.6 is 0 Å². The second kappa shape index (κ2) is 7.04. The standard InChI is InChI=1S/C21H25NO3/c23-20(22-12-10-21(11-13-22)9-5-15-25-21)16-18(19-8-4-14-24-19)17-6-2-1-3-7-17/h1-4,6-8,14,18H,5,9-13,15-16H2/t18-/m1/s1. The molecular formula is C21H25NO3. The van der Waals surface area contributed by atoms with E-state index in [-0.39, 0.29) is 17.4 Å². The summed E-state index contributed by atoms with van der Waals surface area (Å²) in [5.74, 6) is 1.03. The lowest BCUT2D eigenvalue weighted by Crippen LogP contribution is -2.46. The maximum Gasteiger partial charge on any atom is 0.223 e. The molecule has 2 aromatic rings. The molecule has 0 radical (unpaired) electrons. The zero-order valence-electron chi connectivity index (χ0n) is 14.5. The summed E-state index contributed by atoms with van der Waals surface area (Å²) in [6.07, 6.45) is 6.37. The second-order valence-corrected chi connectivity index (χ2v) is 7.20. The molecule has 4 heteroatoms. The molecule has 4 rings (SSSR count). The number of hydrogen-bond donors (Lipinski definition) is 0. The van der Waals surface area contributed by atoms with Crippen LogP contribution in [0, 0.1) is 0 Å². The third kappa shape index (κ3) is 3.49. The Bertz CT molecular complexity index is 679. The molecule has 1 aromatic carbocycles. The van der Waals surface area contributed by atoms with Crippen LogP contribution in [0.3, 0.4) is 0 Å². The van der Waals surface area contributed by atoms with E-state index in [4.69, 9.17) is 9.15 Å².